The number of aromatic nitrogens is 2. The van der Waals surface area contributed by atoms with Gasteiger partial charge in [0.25, 0.3) is 11.1 Å². The number of rotatable bonds is 5. The Morgan fingerprint density at radius 1 is 1.43 bits per heavy atom. The van der Waals surface area contributed by atoms with E-state index >= 15 is 0 Å². The van der Waals surface area contributed by atoms with Gasteiger partial charge in [-0.15, -0.1) is 10.2 Å². The van der Waals surface area contributed by atoms with Crippen LogP contribution in [0.1, 0.15) is 32.6 Å². The molecule has 1 N–H and O–H groups in total. The van der Waals surface area contributed by atoms with Crippen LogP contribution in [0.5, 0.6) is 0 Å². The van der Waals surface area contributed by atoms with Crippen LogP contribution in [0.4, 0.5) is 0 Å². The van der Waals surface area contributed by atoms with Crippen LogP contribution in [0.2, 0.25) is 0 Å². The van der Waals surface area contributed by atoms with Gasteiger partial charge in [0.05, 0.1) is 11.5 Å². The van der Waals surface area contributed by atoms with Crippen LogP contribution in [-0.4, -0.2) is 27.4 Å². The third-order valence-corrected chi connectivity index (χ3v) is 4.42. The molecular weight excluding hydrogens is 290 g/mol. The number of nitrogens with zero attached hydrogens (tertiary/aromatic N) is 2. The Hall–Kier alpha value is -1.76. The summed E-state index contributed by atoms with van der Waals surface area (Å²) in [6.07, 6.45) is 6.09. The van der Waals surface area contributed by atoms with Crippen LogP contribution < -0.4 is 5.32 Å². The Balaban J connectivity index is 1.56. The fourth-order valence-electron chi connectivity index (χ4n) is 2.35. The Kier molecular flexibility index (Phi) is 4.28. The second-order valence-corrected chi connectivity index (χ2v) is 6.39. The zero-order valence-corrected chi connectivity index (χ0v) is 12.6. The van der Waals surface area contributed by atoms with Gasteiger partial charge in [0.1, 0.15) is 0 Å². The maximum atomic E-state index is 12.1. The van der Waals surface area contributed by atoms with E-state index in [1.54, 1.807) is 18.4 Å². The van der Waals surface area contributed by atoms with E-state index < -0.39 is 0 Å². The maximum Gasteiger partial charge on any atom is 0.284 e. The van der Waals surface area contributed by atoms with E-state index in [-0.39, 0.29) is 11.2 Å². The standard InChI is InChI=1S/C14H17N3O3S/c1-9(12(18)15-10-5-2-3-6-10)21-14-17-16-13(20-14)11-7-4-8-19-11/h4,7-10H,2-3,5-6H2,1H3,(H,15,18)/t9-/m0/s1. The van der Waals surface area contributed by atoms with Crippen molar-refractivity contribution in [1.82, 2.24) is 15.5 Å². The summed E-state index contributed by atoms with van der Waals surface area (Å²) in [6, 6.07) is 3.82. The molecule has 0 spiro atoms. The first-order chi connectivity index (χ1) is 10.2. The minimum absolute atomic E-state index is 0.0182. The zero-order chi connectivity index (χ0) is 14.7. The third kappa shape index (κ3) is 3.47. The van der Waals surface area contributed by atoms with Crippen molar-refractivity contribution in [2.45, 2.75) is 49.1 Å². The third-order valence-electron chi connectivity index (χ3n) is 3.49. The molecule has 0 bridgehead atoms. The van der Waals surface area contributed by atoms with Crippen LogP contribution in [0.25, 0.3) is 11.7 Å². The molecule has 0 saturated heterocycles. The number of hydrogen-bond donors (Lipinski definition) is 1. The van der Waals surface area contributed by atoms with Crippen molar-refractivity contribution >= 4 is 17.7 Å². The second-order valence-electron chi connectivity index (χ2n) is 5.10. The fraction of sp³-hybridized carbons (Fsp3) is 0.500. The van der Waals surface area contributed by atoms with Gasteiger partial charge < -0.3 is 14.2 Å². The highest BCUT2D eigenvalue weighted by atomic mass is 32.2. The second kappa shape index (κ2) is 6.34. The lowest BCUT2D eigenvalue weighted by atomic mass is 10.2. The molecule has 0 aliphatic heterocycles. The van der Waals surface area contributed by atoms with E-state index in [1.165, 1.54) is 24.6 Å². The molecule has 1 amide bonds. The number of hydrogen-bond acceptors (Lipinski definition) is 6. The van der Waals surface area contributed by atoms with Gasteiger partial charge in [-0.1, -0.05) is 24.6 Å². The predicted molar refractivity (Wildman–Crippen MR) is 77.7 cm³/mol. The number of carbonyl (C=O) groups is 1. The normalized spacial score (nSPS) is 17.0. The Morgan fingerprint density at radius 2 is 2.24 bits per heavy atom. The van der Waals surface area contributed by atoms with E-state index in [0.29, 0.717) is 22.9 Å². The van der Waals surface area contributed by atoms with Gasteiger partial charge in [-0.3, -0.25) is 4.79 Å². The Morgan fingerprint density at radius 3 is 2.95 bits per heavy atom. The molecule has 6 nitrogen and oxygen atoms in total. The molecule has 0 aromatic carbocycles. The Labute approximate surface area is 126 Å². The molecule has 2 aromatic heterocycles. The zero-order valence-electron chi connectivity index (χ0n) is 11.7. The molecular formula is C14H17N3O3S. The van der Waals surface area contributed by atoms with E-state index in [9.17, 15) is 4.79 Å². The molecule has 0 radical (unpaired) electrons. The molecule has 1 saturated carbocycles. The molecule has 1 aliphatic carbocycles. The number of thioether (sulfide) groups is 1. The number of carbonyl (C=O) groups excluding carboxylic acids is 1. The summed E-state index contributed by atoms with van der Waals surface area (Å²) in [4.78, 5) is 12.1. The van der Waals surface area contributed by atoms with Crippen molar-refractivity contribution in [2.75, 3.05) is 0 Å². The molecule has 7 heteroatoms. The molecule has 1 aliphatic rings. The topological polar surface area (TPSA) is 81.2 Å². The van der Waals surface area contributed by atoms with Crippen LogP contribution in [0.3, 0.4) is 0 Å². The van der Waals surface area contributed by atoms with Crippen molar-refractivity contribution in [3.05, 3.63) is 18.4 Å². The van der Waals surface area contributed by atoms with Crippen molar-refractivity contribution < 1.29 is 13.6 Å². The van der Waals surface area contributed by atoms with E-state index in [4.69, 9.17) is 8.83 Å². The first-order valence-corrected chi connectivity index (χ1v) is 7.95. The molecule has 1 atom stereocenters. The van der Waals surface area contributed by atoms with Crippen molar-refractivity contribution in [3.8, 4) is 11.7 Å². The molecule has 3 rings (SSSR count). The highest BCUT2D eigenvalue weighted by molar-refractivity contribution is 8.00. The van der Waals surface area contributed by atoms with Crippen molar-refractivity contribution in [3.63, 3.8) is 0 Å². The summed E-state index contributed by atoms with van der Waals surface area (Å²) < 4.78 is 10.7. The van der Waals surface area contributed by atoms with Crippen LogP contribution >= 0.6 is 11.8 Å². The largest absolute Gasteiger partial charge is 0.459 e. The smallest absolute Gasteiger partial charge is 0.284 e. The first-order valence-electron chi connectivity index (χ1n) is 7.07. The minimum atomic E-state index is -0.268. The highest BCUT2D eigenvalue weighted by Gasteiger charge is 2.23. The van der Waals surface area contributed by atoms with Gasteiger partial charge in [-0.05, 0) is 31.9 Å². The molecule has 1 fully saturated rings. The van der Waals surface area contributed by atoms with Crippen LogP contribution in [0, 0.1) is 0 Å². The summed E-state index contributed by atoms with van der Waals surface area (Å²) in [5, 5.41) is 11.0. The van der Waals surface area contributed by atoms with Gasteiger partial charge in [-0.25, -0.2) is 0 Å². The monoisotopic (exact) mass is 307 g/mol. The quantitative estimate of drug-likeness (QED) is 0.855. The number of nitrogens with one attached hydrogen (secondary N) is 1. The molecule has 2 heterocycles. The lowest BCUT2D eigenvalue weighted by molar-refractivity contribution is -0.120. The average Bonchev–Trinajstić information content (AvgIpc) is 3.20. The number of amides is 1. The van der Waals surface area contributed by atoms with Crippen LogP contribution in [0.15, 0.2) is 32.5 Å². The van der Waals surface area contributed by atoms with Crippen molar-refractivity contribution in [1.29, 1.82) is 0 Å². The molecule has 0 unspecified atom stereocenters. The van der Waals surface area contributed by atoms with Crippen LogP contribution in [-0.2, 0) is 4.79 Å². The summed E-state index contributed by atoms with van der Waals surface area (Å²) in [7, 11) is 0. The van der Waals surface area contributed by atoms with Gasteiger partial charge >= 0.3 is 0 Å². The maximum absolute atomic E-state index is 12.1. The van der Waals surface area contributed by atoms with Gasteiger partial charge in [0.2, 0.25) is 5.91 Å². The summed E-state index contributed by atoms with van der Waals surface area (Å²) in [5.74, 6) is 0.868. The summed E-state index contributed by atoms with van der Waals surface area (Å²) >= 11 is 1.26. The van der Waals surface area contributed by atoms with Crippen molar-refractivity contribution in [2.24, 2.45) is 0 Å². The summed E-state index contributed by atoms with van der Waals surface area (Å²) in [5.41, 5.74) is 0. The van der Waals surface area contributed by atoms with Gasteiger partial charge in [0.15, 0.2) is 5.76 Å². The highest BCUT2D eigenvalue weighted by Crippen LogP contribution is 2.27. The van der Waals surface area contributed by atoms with Gasteiger partial charge in [0, 0.05) is 6.04 Å². The lowest BCUT2D eigenvalue weighted by Gasteiger charge is -2.14. The average molecular weight is 307 g/mol. The predicted octanol–water partition coefficient (Wildman–Crippen LogP) is 2.87. The SMILES string of the molecule is C[C@H](Sc1nnc(-c2ccco2)o1)C(=O)NC1CCCC1. The summed E-state index contributed by atoms with van der Waals surface area (Å²) in [6.45, 7) is 1.84. The van der Waals surface area contributed by atoms with E-state index in [1.807, 2.05) is 6.92 Å². The fourth-order valence-corrected chi connectivity index (χ4v) is 3.04. The van der Waals surface area contributed by atoms with E-state index in [0.717, 1.165) is 12.8 Å². The molecule has 2 aromatic rings. The molecule has 112 valence electrons. The Bertz CT molecular complexity index is 590. The minimum Gasteiger partial charge on any atom is -0.459 e. The number of furan rings is 1. The van der Waals surface area contributed by atoms with E-state index in [2.05, 4.69) is 15.5 Å². The lowest BCUT2D eigenvalue weighted by Crippen LogP contribution is -2.37. The first kappa shape index (κ1) is 14.2. The van der Waals surface area contributed by atoms with Gasteiger partial charge in [-0.2, -0.15) is 0 Å². The molecule has 21 heavy (non-hydrogen) atoms.